The fourth-order valence-electron chi connectivity index (χ4n) is 6.63. The Bertz CT molecular complexity index is 1540. The zero-order chi connectivity index (χ0) is 31.7. The van der Waals surface area contributed by atoms with Gasteiger partial charge < -0.3 is 20.9 Å². The van der Waals surface area contributed by atoms with Crippen LogP contribution in [0.3, 0.4) is 0 Å². The maximum absolute atomic E-state index is 13.5. The molecule has 6 amide bonds. The Labute approximate surface area is 260 Å². The van der Waals surface area contributed by atoms with E-state index in [1.54, 1.807) is 36.4 Å². The zero-order valence-corrected chi connectivity index (χ0v) is 25.0. The van der Waals surface area contributed by atoms with Gasteiger partial charge in [0, 0.05) is 70.4 Å². The topological polar surface area (TPSA) is 165 Å². The van der Waals surface area contributed by atoms with Gasteiger partial charge in [-0.3, -0.25) is 43.9 Å². The molecule has 45 heavy (non-hydrogen) atoms. The highest BCUT2D eigenvalue weighted by molar-refractivity contribution is 6.25. The molecule has 13 nitrogen and oxygen atoms in total. The largest absolute Gasteiger partial charge is 0.398 e. The van der Waals surface area contributed by atoms with Crippen LogP contribution in [0, 0.1) is 0 Å². The molecule has 13 heteroatoms. The Balaban J connectivity index is 0.976. The number of nitrogens with one attached hydrogen (secondary N) is 2. The molecular weight excluding hydrogens is 578 g/mol. The fourth-order valence-corrected chi connectivity index (χ4v) is 6.63. The lowest BCUT2D eigenvalue weighted by Gasteiger charge is -2.37. The van der Waals surface area contributed by atoms with Gasteiger partial charge in [-0.1, -0.05) is 18.2 Å². The van der Waals surface area contributed by atoms with E-state index in [4.69, 9.17) is 5.73 Å². The number of amides is 6. The summed E-state index contributed by atoms with van der Waals surface area (Å²) in [5, 5.41) is 5.27. The molecular formula is C32H37N7O6. The Morgan fingerprint density at radius 1 is 0.867 bits per heavy atom. The molecule has 4 N–H and O–H groups in total. The predicted octanol–water partition coefficient (Wildman–Crippen LogP) is 0.603. The number of para-hydroxylation sites is 1. The number of carbonyl (C=O) groups is 6. The van der Waals surface area contributed by atoms with Crippen molar-refractivity contribution in [3.63, 3.8) is 0 Å². The quantitative estimate of drug-likeness (QED) is 0.299. The van der Waals surface area contributed by atoms with Crippen molar-refractivity contribution in [2.75, 3.05) is 56.4 Å². The minimum atomic E-state index is -1.00. The first-order valence-corrected chi connectivity index (χ1v) is 15.5. The highest BCUT2D eigenvalue weighted by Gasteiger charge is 2.46. The molecule has 2 aromatic rings. The third-order valence-corrected chi connectivity index (χ3v) is 9.19. The number of likely N-dealkylation sites (tertiary alicyclic amines) is 1. The first kappa shape index (κ1) is 30.3. The van der Waals surface area contributed by atoms with Gasteiger partial charge in [0.2, 0.25) is 17.7 Å². The molecule has 1 atom stereocenters. The van der Waals surface area contributed by atoms with Crippen LogP contribution in [0.5, 0.6) is 0 Å². The highest BCUT2D eigenvalue weighted by Crippen LogP contribution is 2.34. The average molecular weight is 616 g/mol. The normalized spacial score (nSPS) is 21.2. The molecule has 0 spiro atoms. The first-order valence-electron chi connectivity index (χ1n) is 15.5. The Kier molecular flexibility index (Phi) is 8.52. The summed E-state index contributed by atoms with van der Waals surface area (Å²) in [4.78, 5) is 83.4. The minimum absolute atomic E-state index is 0.00746. The monoisotopic (exact) mass is 615 g/mol. The van der Waals surface area contributed by atoms with Crippen LogP contribution in [0.1, 0.15) is 63.2 Å². The fraction of sp³-hybridized carbons (Fsp3) is 0.438. The highest BCUT2D eigenvalue weighted by atomic mass is 16.2. The average Bonchev–Trinajstić information content (AvgIpc) is 3.30. The van der Waals surface area contributed by atoms with Crippen molar-refractivity contribution < 1.29 is 28.8 Å². The number of carbonyl (C=O) groups excluding carboxylic acids is 6. The lowest BCUT2D eigenvalue weighted by Crippen LogP contribution is -2.54. The van der Waals surface area contributed by atoms with Crippen molar-refractivity contribution in [3.05, 3.63) is 59.2 Å². The van der Waals surface area contributed by atoms with Gasteiger partial charge >= 0.3 is 0 Å². The number of nitrogens with zero attached hydrogens (tertiary/aromatic N) is 4. The maximum Gasteiger partial charge on any atom is 0.264 e. The van der Waals surface area contributed by atoms with Gasteiger partial charge in [-0.2, -0.15) is 0 Å². The molecule has 3 fully saturated rings. The SMILES string of the molecule is Nc1ccccc1C(=O)NC1CCN(C(=O)CCN2CCN(c3cccc4c3C(=O)N(C3CCC(=O)NC3=O)C4=O)CC2)CC1. The van der Waals surface area contributed by atoms with E-state index >= 15 is 0 Å². The van der Waals surface area contributed by atoms with Crippen molar-refractivity contribution in [1.82, 2.24) is 25.3 Å². The van der Waals surface area contributed by atoms with Crippen molar-refractivity contribution in [2.45, 2.75) is 44.2 Å². The molecule has 0 aliphatic carbocycles. The summed E-state index contributed by atoms with van der Waals surface area (Å²) in [6.07, 6.45) is 1.95. The molecule has 1 unspecified atom stereocenters. The second-order valence-corrected chi connectivity index (χ2v) is 11.9. The number of benzene rings is 2. The van der Waals surface area contributed by atoms with Crippen LogP contribution >= 0.6 is 0 Å². The molecule has 4 aliphatic heterocycles. The summed E-state index contributed by atoms with van der Waals surface area (Å²) in [5.74, 6) is -2.17. The van der Waals surface area contributed by atoms with E-state index in [1.165, 1.54) is 0 Å². The Morgan fingerprint density at radius 3 is 2.31 bits per heavy atom. The van der Waals surface area contributed by atoms with Gasteiger partial charge in [0.25, 0.3) is 17.7 Å². The molecule has 0 radical (unpaired) electrons. The van der Waals surface area contributed by atoms with E-state index in [0.29, 0.717) is 87.6 Å². The number of rotatable bonds is 7. The lowest BCUT2D eigenvalue weighted by molar-refractivity contribution is -0.136. The van der Waals surface area contributed by atoms with Gasteiger partial charge in [-0.05, 0) is 43.5 Å². The number of hydrogen-bond acceptors (Lipinski definition) is 9. The van der Waals surface area contributed by atoms with Crippen LogP contribution in [0.15, 0.2) is 42.5 Å². The van der Waals surface area contributed by atoms with Gasteiger partial charge in [-0.25, -0.2) is 0 Å². The minimum Gasteiger partial charge on any atom is -0.398 e. The number of nitrogens with two attached hydrogens (primary N) is 1. The van der Waals surface area contributed by atoms with E-state index in [1.807, 2.05) is 11.0 Å². The molecule has 0 bridgehead atoms. The number of nitrogen functional groups attached to an aromatic ring is 1. The molecule has 2 aromatic carbocycles. The molecule has 4 aliphatic rings. The van der Waals surface area contributed by atoms with Gasteiger partial charge in [-0.15, -0.1) is 0 Å². The first-order chi connectivity index (χ1) is 21.7. The third kappa shape index (κ3) is 6.12. The maximum atomic E-state index is 13.5. The smallest absolute Gasteiger partial charge is 0.264 e. The summed E-state index contributed by atoms with van der Waals surface area (Å²) in [5.41, 5.74) is 8.04. The molecule has 0 aromatic heterocycles. The molecule has 0 saturated carbocycles. The molecule has 4 heterocycles. The Morgan fingerprint density at radius 2 is 1.60 bits per heavy atom. The van der Waals surface area contributed by atoms with E-state index in [0.717, 1.165) is 4.90 Å². The zero-order valence-electron chi connectivity index (χ0n) is 25.0. The number of fused-ring (bicyclic) bond motifs is 1. The van der Waals surface area contributed by atoms with Crippen LogP contribution < -0.4 is 21.3 Å². The van der Waals surface area contributed by atoms with E-state index in [-0.39, 0.29) is 36.3 Å². The van der Waals surface area contributed by atoms with Gasteiger partial charge in [0.1, 0.15) is 6.04 Å². The van der Waals surface area contributed by atoms with Crippen molar-refractivity contribution in [2.24, 2.45) is 0 Å². The van der Waals surface area contributed by atoms with Crippen molar-refractivity contribution in [3.8, 4) is 0 Å². The number of hydrogen-bond donors (Lipinski definition) is 3. The number of piperidine rings is 2. The summed E-state index contributed by atoms with van der Waals surface area (Å²) in [7, 11) is 0. The second-order valence-electron chi connectivity index (χ2n) is 11.9. The van der Waals surface area contributed by atoms with Crippen molar-refractivity contribution in [1.29, 1.82) is 0 Å². The van der Waals surface area contributed by atoms with E-state index < -0.39 is 29.7 Å². The lowest BCUT2D eigenvalue weighted by atomic mass is 10.0. The number of imide groups is 2. The van der Waals surface area contributed by atoms with Gasteiger partial charge in [0.15, 0.2) is 0 Å². The molecule has 6 rings (SSSR count). The standard InChI is InChI=1S/C32H37N7O6/c33-23-6-2-1-4-21(23)29(42)34-20-10-14-38(15-11-20)27(41)12-13-36-16-18-37(19-17-36)24-7-3-5-22-28(24)32(45)39(31(22)44)25-8-9-26(40)35-30(25)43/h1-7,20,25H,8-19,33H2,(H,34,42)(H,35,40,43). The van der Waals surface area contributed by atoms with E-state index in [2.05, 4.69) is 20.4 Å². The summed E-state index contributed by atoms with van der Waals surface area (Å²) >= 11 is 0. The van der Waals surface area contributed by atoms with Gasteiger partial charge in [0.05, 0.1) is 22.4 Å². The third-order valence-electron chi connectivity index (χ3n) is 9.19. The summed E-state index contributed by atoms with van der Waals surface area (Å²) in [6, 6.07) is 11.1. The Hall–Kier alpha value is -4.78. The van der Waals surface area contributed by atoms with E-state index in [9.17, 15) is 28.8 Å². The summed E-state index contributed by atoms with van der Waals surface area (Å²) in [6.45, 7) is 4.39. The molecule has 3 saturated heterocycles. The van der Waals surface area contributed by atoms with Crippen LogP contribution in [0.4, 0.5) is 11.4 Å². The second kappa shape index (κ2) is 12.7. The number of piperazine rings is 1. The number of anilines is 2. The van der Waals surface area contributed by atoms with Crippen molar-refractivity contribution >= 4 is 46.8 Å². The predicted molar refractivity (Wildman–Crippen MR) is 164 cm³/mol. The summed E-state index contributed by atoms with van der Waals surface area (Å²) < 4.78 is 0. The van der Waals surface area contributed by atoms with Crippen LogP contribution in [0.25, 0.3) is 0 Å². The van der Waals surface area contributed by atoms with Crippen LogP contribution in [-0.2, 0) is 14.4 Å². The molecule has 236 valence electrons. The van der Waals surface area contributed by atoms with Crippen LogP contribution in [-0.4, -0.2) is 108 Å². The van der Waals surface area contributed by atoms with Crippen LogP contribution in [0.2, 0.25) is 0 Å².